The fraction of sp³-hybridized carbons (Fsp3) is 0.182. The molecule has 0 aliphatic rings. The third-order valence-electron chi connectivity index (χ3n) is 2.42. The molecule has 1 aromatic heterocycles. The van der Waals surface area contributed by atoms with Gasteiger partial charge >= 0.3 is 0 Å². The predicted octanol–water partition coefficient (Wildman–Crippen LogP) is 0.212. The molecule has 0 saturated carbocycles. The van der Waals surface area contributed by atoms with Crippen LogP contribution in [-0.2, 0) is 11.8 Å². The minimum Gasteiger partial charge on any atom is -0.538 e. The second-order valence-corrected chi connectivity index (χ2v) is 4.89. The number of nitro benzene ring substituents is 1. The standard InChI is InChI=1S/C11H10N4O5S/c1-14-10(11(17)20-13-14)21-6-9(16)12-7-2-4-8(5-3-7)15(18)19/h2-5H,6H2,1H3,(H-,12,13,16,17). The van der Waals surface area contributed by atoms with Gasteiger partial charge in [0.15, 0.2) is 13.0 Å². The van der Waals surface area contributed by atoms with Crippen LogP contribution in [0.5, 0.6) is 5.95 Å². The van der Waals surface area contributed by atoms with Crippen LogP contribution in [0.15, 0.2) is 33.8 Å². The van der Waals surface area contributed by atoms with Crippen molar-refractivity contribution in [1.82, 2.24) is 5.27 Å². The third kappa shape index (κ3) is 3.69. The van der Waals surface area contributed by atoms with Gasteiger partial charge in [0.2, 0.25) is 5.91 Å². The van der Waals surface area contributed by atoms with Gasteiger partial charge in [-0.2, -0.15) is 0 Å². The van der Waals surface area contributed by atoms with Crippen LogP contribution < -0.4 is 15.1 Å². The maximum absolute atomic E-state index is 11.7. The smallest absolute Gasteiger partial charge is 0.291 e. The van der Waals surface area contributed by atoms with Crippen molar-refractivity contribution in [3.8, 4) is 5.95 Å². The number of benzene rings is 1. The van der Waals surface area contributed by atoms with Crippen LogP contribution in [0.25, 0.3) is 0 Å². The van der Waals surface area contributed by atoms with Crippen LogP contribution in [0.1, 0.15) is 0 Å². The predicted molar refractivity (Wildman–Crippen MR) is 69.6 cm³/mol. The summed E-state index contributed by atoms with van der Waals surface area (Å²) in [6.45, 7) is 0. The van der Waals surface area contributed by atoms with E-state index < -0.39 is 10.9 Å². The van der Waals surface area contributed by atoms with Gasteiger partial charge in [-0.25, -0.2) is 0 Å². The Balaban J connectivity index is 1.91. The van der Waals surface area contributed by atoms with Gasteiger partial charge in [0.1, 0.15) is 0 Å². The van der Waals surface area contributed by atoms with Crippen molar-refractivity contribution in [3.63, 3.8) is 0 Å². The van der Waals surface area contributed by atoms with E-state index in [2.05, 4.69) is 15.1 Å². The summed E-state index contributed by atoms with van der Waals surface area (Å²) in [7, 11) is 1.53. The Hall–Kier alpha value is -2.62. The Kier molecular flexibility index (Phi) is 4.38. The van der Waals surface area contributed by atoms with E-state index in [4.69, 9.17) is 0 Å². The molecule has 0 aliphatic heterocycles. The molecule has 1 amide bonds. The van der Waals surface area contributed by atoms with Gasteiger partial charge in [-0.1, -0.05) is 4.68 Å². The number of rotatable bonds is 5. The number of non-ortho nitro benzene ring substituents is 1. The SMILES string of the molecule is C[n+]1noc([O-])c1SCC(=O)Nc1ccc([N+](=O)[O-])cc1. The molecule has 10 heteroatoms. The Labute approximate surface area is 122 Å². The molecule has 0 atom stereocenters. The molecule has 0 unspecified atom stereocenters. The van der Waals surface area contributed by atoms with E-state index in [1.807, 2.05) is 0 Å². The van der Waals surface area contributed by atoms with Crippen LogP contribution in [0.2, 0.25) is 0 Å². The van der Waals surface area contributed by atoms with E-state index in [1.165, 1.54) is 36.0 Å². The van der Waals surface area contributed by atoms with Gasteiger partial charge in [-0.05, 0) is 23.9 Å². The highest BCUT2D eigenvalue weighted by Gasteiger charge is 2.16. The molecule has 9 nitrogen and oxygen atoms in total. The van der Waals surface area contributed by atoms with Crippen molar-refractivity contribution in [2.45, 2.75) is 5.03 Å². The lowest BCUT2D eigenvalue weighted by molar-refractivity contribution is -0.772. The molecule has 0 radical (unpaired) electrons. The lowest BCUT2D eigenvalue weighted by Crippen LogP contribution is -2.32. The first-order valence-corrected chi connectivity index (χ1v) is 6.66. The van der Waals surface area contributed by atoms with E-state index in [-0.39, 0.29) is 22.4 Å². The van der Waals surface area contributed by atoms with Crippen LogP contribution in [0.3, 0.4) is 0 Å². The monoisotopic (exact) mass is 310 g/mol. The van der Waals surface area contributed by atoms with Crippen molar-refractivity contribution < 1.29 is 24.0 Å². The first-order valence-electron chi connectivity index (χ1n) is 5.67. The third-order valence-corrected chi connectivity index (χ3v) is 3.53. The van der Waals surface area contributed by atoms with Gasteiger partial charge in [0, 0.05) is 17.8 Å². The second kappa shape index (κ2) is 6.22. The van der Waals surface area contributed by atoms with Crippen molar-refractivity contribution >= 4 is 29.0 Å². The molecule has 0 aliphatic carbocycles. The van der Waals surface area contributed by atoms with E-state index in [1.54, 1.807) is 0 Å². The number of aryl methyl sites for hydroxylation is 1. The minimum absolute atomic E-state index is 0.0126. The number of thioether (sulfide) groups is 1. The summed E-state index contributed by atoms with van der Waals surface area (Å²) >= 11 is 0.990. The highest BCUT2D eigenvalue weighted by molar-refractivity contribution is 7.99. The van der Waals surface area contributed by atoms with Crippen molar-refractivity contribution in [3.05, 3.63) is 34.4 Å². The lowest BCUT2D eigenvalue weighted by Gasteiger charge is -2.03. The van der Waals surface area contributed by atoms with E-state index >= 15 is 0 Å². The summed E-state index contributed by atoms with van der Waals surface area (Å²) in [5, 5.41) is 27.9. The van der Waals surface area contributed by atoms with Crippen LogP contribution in [0.4, 0.5) is 11.4 Å². The van der Waals surface area contributed by atoms with Gasteiger partial charge in [-0.3, -0.25) is 14.9 Å². The molecule has 0 spiro atoms. The molecule has 110 valence electrons. The summed E-state index contributed by atoms with van der Waals surface area (Å²) in [5.41, 5.74) is 0.373. The molecule has 1 N–H and O–H groups in total. The fourth-order valence-electron chi connectivity index (χ4n) is 1.46. The number of carbonyl (C=O) groups is 1. The molecular formula is C11H10N4O5S. The first kappa shape index (κ1) is 14.8. The number of hydrogen-bond acceptors (Lipinski definition) is 7. The molecule has 21 heavy (non-hydrogen) atoms. The van der Waals surface area contributed by atoms with Crippen molar-refractivity contribution in [2.24, 2.45) is 7.05 Å². The normalized spacial score (nSPS) is 10.3. The topological polar surface area (TPSA) is 125 Å². The number of anilines is 1. The average molecular weight is 310 g/mol. The Morgan fingerprint density at radius 1 is 1.48 bits per heavy atom. The number of nitrogens with zero attached hydrogens (tertiary/aromatic N) is 3. The van der Waals surface area contributed by atoms with Crippen molar-refractivity contribution in [1.29, 1.82) is 0 Å². The molecule has 0 fully saturated rings. The van der Waals surface area contributed by atoms with E-state index in [0.717, 1.165) is 11.8 Å². The molecule has 0 bridgehead atoms. The summed E-state index contributed by atoms with van der Waals surface area (Å²) in [6.07, 6.45) is 0. The van der Waals surface area contributed by atoms with Crippen molar-refractivity contribution in [2.75, 3.05) is 11.1 Å². The Morgan fingerprint density at radius 3 is 2.67 bits per heavy atom. The highest BCUT2D eigenvalue weighted by Crippen LogP contribution is 2.21. The van der Waals surface area contributed by atoms with Gasteiger partial charge in [0.05, 0.1) is 15.9 Å². The second-order valence-electron chi connectivity index (χ2n) is 3.93. The quantitative estimate of drug-likeness (QED) is 0.362. The lowest BCUT2D eigenvalue weighted by atomic mass is 10.3. The average Bonchev–Trinajstić information content (AvgIpc) is 2.76. The number of nitrogens with one attached hydrogen (secondary N) is 1. The van der Waals surface area contributed by atoms with Gasteiger partial charge < -0.3 is 14.9 Å². The van der Waals surface area contributed by atoms with Crippen LogP contribution in [0, 0.1) is 10.1 Å². The van der Waals surface area contributed by atoms with Crippen LogP contribution >= 0.6 is 11.8 Å². The summed E-state index contributed by atoms with van der Waals surface area (Å²) < 4.78 is 5.66. The Bertz CT molecular complexity index is 650. The molecule has 1 heterocycles. The molecule has 2 aromatic rings. The van der Waals surface area contributed by atoms with Gasteiger partial charge in [0.25, 0.3) is 10.7 Å². The first-order chi connectivity index (χ1) is 9.97. The summed E-state index contributed by atoms with van der Waals surface area (Å²) in [5.74, 6) is -0.971. The molecular weight excluding hydrogens is 300 g/mol. The number of aromatic nitrogens is 2. The van der Waals surface area contributed by atoms with Crippen LogP contribution in [-0.4, -0.2) is 21.9 Å². The zero-order valence-corrected chi connectivity index (χ0v) is 11.6. The fourth-order valence-corrected chi connectivity index (χ4v) is 2.17. The zero-order chi connectivity index (χ0) is 15.4. The number of amides is 1. The number of nitro groups is 1. The highest BCUT2D eigenvalue weighted by atomic mass is 32.2. The Morgan fingerprint density at radius 2 is 2.14 bits per heavy atom. The van der Waals surface area contributed by atoms with Gasteiger partial charge in [-0.15, -0.1) is 0 Å². The van der Waals surface area contributed by atoms with E-state index in [9.17, 15) is 20.0 Å². The number of hydrogen-bond donors (Lipinski definition) is 1. The summed E-state index contributed by atoms with van der Waals surface area (Å²) in [4.78, 5) is 21.7. The minimum atomic E-state index is -0.606. The molecule has 2 rings (SSSR count). The zero-order valence-electron chi connectivity index (χ0n) is 10.8. The number of carbonyl (C=O) groups excluding carboxylic acids is 1. The maximum Gasteiger partial charge on any atom is 0.291 e. The molecule has 0 saturated heterocycles. The molecule has 1 aromatic carbocycles. The summed E-state index contributed by atoms with van der Waals surface area (Å²) in [6, 6.07) is 5.44. The van der Waals surface area contributed by atoms with E-state index in [0.29, 0.717) is 5.69 Å². The largest absolute Gasteiger partial charge is 0.538 e. The maximum atomic E-state index is 11.7.